The molecular weight excluding hydrogens is 230 g/mol. The van der Waals surface area contributed by atoms with Gasteiger partial charge < -0.3 is 15.1 Å². The standard InChI is InChI=1S/C12H17N5O/c1-3-4-13-10-5-11(17-8-16-10)14-7-12-15-6-9(2)18-12/h5-6,8H,3-4,7H2,1-2H3,(H2,13,14,16,17). The van der Waals surface area contributed by atoms with Crippen LogP contribution < -0.4 is 10.6 Å². The summed E-state index contributed by atoms with van der Waals surface area (Å²) in [6, 6.07) is 1.87. The van der Waals surface area contributed by atoms with E-state index in [1.807, 2.05) is 13.0 Å². The Morgan fingerprint density at radius 1 is 1.17 bits per heavy atom. The topological polar surface area (TPSA) is 75.9 Å². The highest BCUT2D eigenvalue weighted by Gasteiger charge is 2.02. The van der Waals surface area contributed by atoms with Crippen LogP contribution in [0, 0.1) is 6.92 Å². The third kappa shape index (κ3) is 3.44. The van der Waals surface area contributed by atoms with Gasteiger partial charge in [-0.05, 0) is 13.3 Å². The first-order valence-electron chi connectivity index (χ1n) is 5.99. The van der Waals surface area contributed by atoms with Gasteiger partial charge in [-0.25, -0.2) is 15.0 Å². The Balaban J connectivity index is 1.92. The minimum absolute atomic E-state index is 0.512. The second-order valence-corrected chi connectivity index (χ2v) is 3.93. The molecule has 96 valence electrons. The van der Waals surface area contributed by atoms with Crippen molar-refractivity contribution in [2.45, 2.75) is 26.8 Å². The fraction of sp³-hybridized carbons (Fsp3) is 0.417. The third-order valence-electron chi connectivity index (χ3n) is 2.31. The lowest BCUT2D eigenvalue weighted by molar-refractivity contribution is 0.479. The monoisotopic (exact) mass is 247 g/mol. The molecule has 0 saturated carbocycles. The maximum atomic E-state index is 5.37. The molecular formula is C12H17N5O. The van der Waals surface area contributed by atoms with Gasteiger partial charge in [-0.3, -0.25) is 0 Å². The highest BCUT2D eigenvalue weighted by Crippen LogP contribution is 2.10. The van der Waals surface area contributed by atoms with E-state index in [1.54, 1.807) is 6.20 Å². The van der Waals surface area contributed by atoms with E-state index in [1.165, 1.54) is 6.33 Å². The third-order valence-corrected chi connectivity index (χ3v) is 2.31. The van der Waals surface area contributed by atoms with Crippen LogP contribution in [0.1, 0.15) is 25.0 Å². The first-order valence-corrected chi connectivity index (χ1v) is 5.99. The Labute approximate surface area is 106 Å². The normalized spacial score (nSPS) is 10.3. The first kappa shape index (κ1) is 12.3. The van der Waals surface area contributed by atoms with Crippen LogP contribution in [-0.4, -0.2) is 21.5 Å². The molecule has 0 spiro atoms. The number of nitrogens with zero attached hydrogens (tertiary/aromatic N) is 3. The highest BCUT2D eigenvalue weighted by molar-refractivity contribution is 5.46. The van der Waals surface area contributed by atoms with E-state index in [9.17, 15) is 0 Å². The molecule has 0 aromatic carbocycles. The van der Waals surface area contributed by atoms with Crippen LogP contribution in [0.15, 0.2) is 23.0 Å². The van der Waals surface area contributed by atoms with E-state index in [0.29, 0.717) is 12.4 Å². The molecule has 18 heavy (non-hydrogen) atoms. The van der Waals surface area contributed by atoms with Gasteiger partial charge in [0, 0.05) is 12.6 Å². The summed E-state index contributed by atoms with van der Waals surface area (Å²) < 4.78 is 5.37. The number of aromatic nitrogens is 3. The summed E-state index contributed by atoms with van der Waals surface area (Å²) in [5.74, 6) is 3.02. The van der Waals surface area contributed by atoms with Crippen molar-refractivity contribution in [3.05, 3.63) is 30.2 Å². The van der Waals surface area contributed by atoms with E-state index in [-0.39, 0.29) is 0 Å². The van der Waals surface area contributed by atoms with Crippen molar-refractivity contribution < 1.29 is 4.42 Å². The molecule has 2 rings (SSSR count). The van der Waals surface area contributed by atoms with E-state index >= 15 is 0 Å². The SMILES string of the molecule is CCCNc1cc(NCc2ncc(C)o2)ncn1. The summed E-state index contributed by atoms with van der Waals surface area (Å²) >= 11 is 0. The number of hydrogen-bond donors (Lipinski definition) is 2. The second-order valence-electron chi connectivity index (χ2n) is 3.93. The van der Waals surface area contributed by atoms with Gasteiger partial charge in [0.25, 0.3) is 0 Å². The molecule has 0 fully saturated rings. The smallest absolute Gasteiger partial charge is 0.213 e. The zero-order valence-corrected chi connectivity index (χ0v) is 10.6. The van der Waals surface area contributed by atoms with Gasteiger partial charge in [-0.15, -0.1) is 0 Å². The van der Waals surface area contributed by atoms with Crippen LogP contribution in [0.2, 0.25) is 0 Å². The molecule has 0 saturated heterocycles. The molecule has 6 nitrogen and oxygen atoms in total. The van der Waals surface area contributed by atoms with Crippen LogP contribution in [0.3, 0.4) is 0 Å². The Morgan fingerprint density at radius 2 is 1.94 bits per heavy atom. The Kier molecular flexibility index (Phi) is 4.11. The molecule has 6 heteroatoms. The van der Waals surface area contributed by atoms with Crippen molar-refractivity contribution in [1.29, 1.82) is 0 Å². The second kappa shape index (κ2) is 6.00. The molecule has 0 unspecified atom stereocenters. The van der Waals surface area contributed by atoms with Gasteiger partial charge in [-0.1, -0.05) is 6.92 Å². The minimum Gasteiger partial charge on any atom is -0.444 e. The maximum absolute atomic E-state index is 5.37. The minimum atomic E-state index is 0.512. The van der Waals surface area contributed by atoms with Gasteiger partial charge in [0.1, 0.15) is 23.7 Å². The van der Waals surface area contributed by atoms with Crippen LogP contribution in [0.5, 0.6) is 0 Å². The van der Waals surface area contributed by atoms with Crippen LogP contribution >= 0.6 is 0 Å². The maximum Gasteiger partial charge on any atom is 0.213 e. The highest BCUT2D eigenvalue weighted by atomic mass is 16.4. The number of oxazole rings is 1. The summed E-state index contributed by atoms with van der Waals surface area (Å²) in [4.78, 5) is 12.4. The molecule has 0 atom stereocenters. The van der Waals surface area contributed by atoms with Crippen molar-refractivity contribution in [3.63, 3.8) is 0 Å². The van der Waals surface area contributed by atoms with E-state index in [2.05, 4.69) is 32.5 Å². The zero-order chi connectivity index (χ0) is 12.8. The first-order chi connectivity index (χ1) is 8.78. The lowest BCUT2D eigenvalue weighted by Crippen LogP contribution is -2.05. The van der Waals surface area contributed by atoms with Crippen molar-refractivity contribution in [1.82, 2.24) is 15.0 Å². The molecule has 0 aliphatic carbocycles. The number of nitrogens with one attached hydrogen (secondary N) is 2. The van der Waals surface area contributed by atoms with E-state index in [4.69, 9.17) is 4.42 Å². The lowest BCUT2D eigenvalue weighted by Gasteiger charge is -2.06. The number of hydrogen-bond acceptors (Lipinski definition) is 6. The van der Waals surface area contributed by atoms with Gasteiger partial charge in [-0.2, -0.15) is 0 Å². The van der Waals surface area contributed by atoms with Gasteiger partial charge in [0.2, 0.25) is 5.89 Å². The summed E-state index contributed by atoms with van der Waals surface area (Å²) in [7, 11) is 0. The fourth-order valence-corrected chi connectivity index (χ4v) is 1.45. The van der Waals surface area contributed by atoms with Crippen molar-refractivity contribution in [3.8, 4) is 0 Å². The Bertz CT molecular complexity index is 497. The van der Waals surface area contributed by atoms with Crippen molar-refractivity contribution >= 4 is 11.6 Å². The molecule has 0 aliphatic rings. The molecule has 0 amide bonds. The predicted octanol–water partition coefficient (Wildman–Crippen LogP) is 2.21. The zero-order valence-electron chi connectivity index (χ0n) is 10.6. The van der Waals surface area contributed by atoms with Gasteiger partial charge >= 0.3 is 0 Å². The average Bonchev–Trinajstić information content (AvgIpc) is 2.80. The van der Waals surface area contributed by atoms with Crippen LogP contribution in [0.4, 0.5) is 11.6 Å². The largest absolute Gasteiger partial charge is 0.444 e. The Morgan fingerprint density at radius 3 is 2.61 bits per heavy atom. The summed E-state index contributed by atoms with van der Waals surface area (Å²) in [5.41, 5.74) is 0. The molecule has 0 aliphatic heterocycles. The molecule has 2 aromatic heterocycles. The molecule has 0 bridgehead atoms. The average molecular weight is 247 g/mol. The van der Waals surface area contributed by atoms with Crippen molar-refractivity contribution in [2.75, 3.05) is 17.2 Å². The van der Waals surface area contributed by atoms with Crippen LogP contribution in [0.25, 0.3) is 0 Å². The number of rotatable bonds is 6. The van der Waals surface area contributed by atoms with Crippen LogP contribution in [-0.2, 0) is 6.54 Å². The Hall–Kier alpha value is -2.11. The van der Waals surface area contributed by atoms with E-state index < -0.39 is 0 Å². The fourth-order valence-electron chi connectivity index (χ4n) is 1.45. The summed E-state index contributed by atoms with van der Waals surface area (Å²) in [5, 5.41) is 6.35. The molecule has 0 radical (unpaired) electrons. The number of aryl methyl sites for hydroxylation is 1. The molecule has 2 aromatic rings. The predicted molar refractivity (Wildman–Crippen MR) is 69.4 cm³/mol. The van der Waals surface area contributed by atoms with Gasteiger partial charge in [0.05, 0.1) is 12.7 Å². The van der Waals surface area contributed by atoms with Gasteiger partial charge in [0.15, 0.2) is 0 Å². The quantitative estimate of drug-likeness (QED) is 0.815. The summed E-state index contributed by atoms with van der Waals surface area (Å²) in [6.07, 6.45) is 4.29. The van der Waals surface area contributed by atoms with Crippen molar-refractivity contribution in [2.24, 2.45) is 0 Å². The number of anilines is 2. The van der Waals surface area contributed by atoms with E-state index in [0.717, 1.165) is 30.4 Å². The molecule has 2 heterocycles. The summed E-state index contributed by atoms with van der Waals surface area (Å²) in [6.45, 7) is 5.39. The lowest BCUT2D eigenvalue weighted by atomic mass is 10.4. The molecule has 2 N–H and O–H groups in total.